The van der Waals surface area contributed by atoms with Crippen molar-refractivity contribution in [3.05, 3.63) is 30.1 Å². The monoisotopic (exact) mass is 283 g/mol. The summed E-state index contributed by atoms with van der Waals surface area (Å²) < 4.78 is 18.4. The zero-order valence-corrected chi connectivity index (χ0v) is 11.7. The molecule has 0 aliphatic rings. The average molecular weight is 283 g/mol. The average Bonchev–Trinajstić information content (AvgIpc) is 2.38. The molecule has 0 aromatic heterocycles. The first-order valence-electron chi connectivity index (χ1n) is 6.22. The van der Waals surface area contributed by atoms with Crippen LogP contribution in [0.1, 0.15) is 20.8 Å². The normalized spacial score (nSPS) is 11.0. The van der Waals surface area contributed by atoms with E-state index >= 15 is 0 Å². The fourth-order valence-corrected chi connectivity index (χ4v) is 1.78. The molecule has 1 aromatic rings. The van der Waals surface area contributed by atoms with Crippen LogP contribution in [0.15, 0.2) is 24.3 Å². The lowest BCUT2D eigenvalue weighted by Crippen LogP contribution is -2.54. The van der Waals surface area contributed by atoms with Crippen LogP contribution in [0.2, 0.25) is 0 Å². The van der Waals surface area contributed by atoms with Gasteiger partial charge in [0, 0.05) is 6.54 Å². The highest BCUT2D eigenvalue weighted by molar-refractivity contribution is 5.87. The number of hydrogen-bond acceptors (Lipinski definition) is 3. The number of benzene rings is 1. The van der Waals surface area contributed by atoms with Crippen molar-refractivity contribution in [1.29, 1.82) is 0 Å². The van der Waals surface area contributed by atoms with Crippen LogP contribution < -0.4 is 4.74 Å². The maximum absolute atomic E-state index is 13.3. The number of nitrogens with zero attached hydrogens (tertiary/aromatic N) is 1. The van der Waals surface area contributed by atoms with Gasteiger partial charge < -0.3 is 14.7 Å². The fourth-order valence-electron chi connectivity index (χ4n) is 1.78. The number of carbonyl (C=O) groups is 2. The van der Waals surface area contributed by atoms with Crippen LogP contribution in [0, 0.1) is 5.82 Å². The maximum Gasteiger partial charge on any atom is 0.329 e. The van der Waals surface area contributed by atoms with Crippen molar-refractivity contribution in [3.8, 4) is 5.75 Å². The van der Waals surface area contributed by atoms with Gasteiger partial charge in [-0.1, -0.05) is 12.1 Å². The Morgan fingerprint density at radius 3 is 2.45 bits per heavy atom. The maximum atomic E-state index is 13.3. The number of hydrogen-bond donors (Lipinski definition) is 1. The summed E-state index contributed by atoms with van der Waals surface area (Å²) in [6.07, 6.45) is 0. The first kappa shape index (κ1) is 15.9. The zero-order valence-electron chi connectivity index (χ0n) is 11.7. The molecule has 1 amide bonds. The SMILES string of the molecule is CCN(C(=O)COc1ccccc1F)C(C)(C)C(=O)O. The van der Waals surface area contributed by atoms with Crippen molar-refractivity contribution in [2.45, 2.75) is 26.3 Å². The predicted molar refractivity (Wildman–Crippen MR) is 71.0 cm³/mol. The summed E-state index contributed by atoms with van der Waals surface area (Å²) in [4.78, 5) is 24.4. The number of carbonyl (C=O) groups excluding carboxylic acids is 1. The highest BCUT2D eigenvalue weighted by Gasteiger charge is 2.36. The van der Waals surface area contributed by atoms with Gasteiger partial charge in [0.1, 0.15) is 5.54 Å². The molecule has 1 N–H and O–H groups in total. The summed E-state index contributed by atoms with van der Waals surface area (Å²) in [7, 11) is 0. The number of halogens is 1. The van der Waals surface area contributed by atoms with E-state index in [9.17, 15) is 14.0 Å². The van der Waals surface area contributed by atoms with E-state index in [1.807, 2.05) is 0 Å². The molecule has 0 saturated carbocycles. The molecule has 1 rings (SSSR count). The van der Waals surface area contributed by atoms with Crippen LogP contribution in [0.4, 0.5) is 4.39 Å². The van der Waals surface area contributed by atoms with Crippen LogP contribution in [0.25, 0.3) is 0 Å². The predicted octanol–water partition coefficient (Wildman–Crippen LogP) is 1.92. The number of carboxylic acids is 1. The molecule has 5 nitrogen and oxygen atoms in total. The first-order valence-corrected chi connectivity index (χ1v) is 6.22. The van der Waals surface area contributed by atoms with Crippen LogP contribution in [0.5, 0.6) is 5.75 Å². The van der Waals surface area contributed by atoms with Gasteiger partial charge in [0.25, 0.3) is 5.91 Å². The molecule has 1 aromatic carbocycles. The Labute approximate surface area is 117 Å². The van der Waals surface area contributed by atoms with Gasteiger partial charge in [-0.05, 0) is 32.9 Å². The largest absolute Gasteiger partial charge is 0.481 e. The Balaban J connectivity index is 2.75. The number of para-hydroxylation sites is 1. The van der Waals surface area contributed by atoms with Crippen LogP contribution >= 0.6 is 0 Å². The second-order valence-corrected chi connectivity index (χ2v) is 4.72. The van der Waals surface area contributed by atoms with Gasteiger partial charge in [0.05, 0.1) is 0 Å². The smallest absolute Gasteiger partial charge is 0.329 e. The Bertz CT molecular complexity index is 502. The van der Waals surface area contributed by atoms with E-state index in [4.69, 9.17) is 9.84 Å². The second-order valence-electron chi connectivity index (χ2n) is 4.72. The van der Waals surface area contributed by atoms with E-state index in [0.717, 1.165) is 0 Å². The van der Waals surface area contributed by atoms with Crippen molar-refractivity contribution in [2.24, 2.45) is 0 Å². The van der Waals surface area contributed by atoms with Crippen LogP contribution in [-0.4, -0.2) is 40.6 Å². The molecule has 0 bridgehead atoms. The minimum Gasteiger partial charge on any atom is -0.481 e. The Kier molecular flexibility index (Phi) is 5.07. The van der Waals surface area contributed by atoms with Crippen molar-refractivity contribution in [3.63, 3.8) is 0 Å². The summed E-state index contributed by atoms with van der Waals surface area (Å²) in [5.41, 5.74) is -1.34. The summed E-state index contributed by atoms with van der Waals surface area (Å²) in [5.74, 6) is -2.23. The van der Waals surface area contributed by atoms with Crippen LogP contribution in [0.3, 0.4) is 0 Å². The summed E-state index contributed by atoms with van der Waals surface area (Å²) in [6, 6.07) is 5.72. The minimum atomic E-state index is -1.34. The molecule has 20 heavy (non-hydrogen) atoms. The van der Waals surface area contributed by atoms with Crippen molar-refractivity contribution >= 4 is 11.9 Å². The third-order valence-corrected chi connectivity index (χ3v) is 3.00. The molecule has 0 atom stereocenters. The molecule has 6 heteroatoms. The summed E-state index contributed by atoms with van der Waals surface area (Å²) in [6.45, 7) is 4.34. The van der Waals surface area contributed by atoms with E-state index in [1.165, 1.54) is 36.9 Å². The third kappa shape index (κ3) is 3.46. The van der Waals surface area contributed by atoms with Gasteiger partial charge in [-0.3, -0.25) is 4.79 Å². The Morgan fingerprint density at radius 1 is 1.35 bits per heavy atom. The summed E-state index contributed by atoms with van der Waals surface area (Å²) >= 11 is 0. The highest BCUT2D eigenvalue weighted by Crippen LogP contribution is 2.18. The molecule has 0 radical (unpaired) electrons. The number of amides is 1. The molecule has 110 valence electrons. The van der Waals surface area contributed by atoms with Crippen molar-refractivity contribution in [1.82, 2.24) is 4.90 Å². The summed E-state index contributed by atoms with van der Waals surface area (Å²) in [5, 5.41) is 9.13. The minimum absolute atomic E-state index is 0.0370. The molecule has 0 aliphatic carbocycles. The lowest BCUT2D eigenvalue weighted by atomic mass is 10.0. The van der Waals surface area contributed by atoms with E-state index in [-0.39, 0.29) is 12.3 Å². The molecular formula is C14H18FNO4. The molecule has 0 unspecified atom stereocenters. The van der Waals surface area contributed by atoms with Gasteiger partial charge in [-0.25, -0.2) is 9.18 Å². The molecule has 0 heterocycles. The Morgan fingerprint density at radius 2 is 1.95 bits per heavy atom. The lowest BCUT2D eigenvalue weighted by molar-refractivity contribution is -0.157. The quantitative estimate of drug-likeness (QED) is 0.866. The van der Waals surface area contributed by atoms with Gasteiger partial charge in [0.2, 0.25) is 0 Å². The highest BCUT2D eigenvalue weighted by atomic mass is 19.1. The lowest BCUT2D eigenvalue weighted by Gasteiger charge is -2.34. The number of aliphatic carboxylic acids is 1. The molecule has 0 saturated heterocycles. The number of ether oxygens (including phenoxy) is 1. The van der Waals surface area contributed by atoms with Gasteiger partial charge in [-0.15, -0.1) is 0 Å². The fraction of sp³-hybridized carbons (Fsp3) is 0.429. The Hall–Kier alpha value is -2.11. The van der Waals surface area contributed by atoms with Crippen LogP contribution in [-0.2, 0) is 9.59 Å². The zero-order chi connectivity index (χ0) is 15.3. The second kappa shape index (κ2) is 6.36. The van der Waals surface area contributed by atoms with E-state index in [1.54, 1.807) is 13.0 Å². The third-order valence-electron chi connectivity index (χ3n) is 3.00. The topological polar surface area (TPSA) is 66.8 Å². The molecule has 0 spiro atoms. The standard InChI is InChI=1S/C14H18FNO4/c1-4-16(14(2,3)13(18)19)12(17)9-20-11-8-6-5-7-10(11)15/h5-8H,4,9H2,1-3H3,(H,18,19). The number of likely N-dealkylation sites (N-methyl/N-ethyl adjacent to an activating group) is 1. The molecule has 0 fully saturated rings. The first-order chi connectivity index (χ1) is 9.30. The van der Waals surface area contributed by atoms with Gasteiger partial charge >= 0.3 is 5.97 Å². The van der Waals surface area contributed by atoms with E-state index < -0.39 is 29.8 Å². The number of carboxylic acid groups (broad SMARTS) is 1. The molecular weight excluding hydrogens is 265 g/mol. The van der Waals surface area contributed by atoms with E-state index in [0.29, 0.717) is 0 Å². The number of rotatable bonds is 6. The van der Waals surface area contributed by atoms with Gasteiger partial charge in [0.15, 0.2) is 18.2 Å². The molecule has 0 aliphatic heterocycles. The van der Waals surface area contributed by atoms with E-state index in [2.05, 4.69) is 0 Å². The van der Waals surface area contributed by atoms with Crippen molar-refractivity contribution in [2.75, 3.05) is 13.2 Å². The van der Waals surface area contributed by atoms with Gasteiger partial charge in [-0.2, -0.15) is 0 Å². The van der Waals surface area contributed by atoms with Crippen molar-refractivity contribution < 1.29 is 23.8 Å².